The molecule has 1 aliphatic rings. The Kier molecular flexibility index (Phi) is 5.60. The molecule has 0 unspecified atom stereocenters. The van der Waals surface area contributed by atoms with E-state index >= 15 is 0 Å². The predicted molar refractivity (Wildman–Crippen MR) is 86.7 cm³/mol. The second-order valence-electron chi connectivity index (χ2n) is 6.13. The summed E-state index contributed by atoms with van der Waals surface area (Å²) in [6, 6.07) is 20.2. The molecule has 1 saturated heterocycles. The van der Waals surface area contributed by atoms with Gasteiger partial charge in [0.05, 0.1) is 13.1 Å². The zero-order chi connectivity index (χ0) is 13.8. The summed E-state index contributed by atoms with van der Waals surface area (Å²) in [4.78, 5) is 0. The van der Waals surface area contributed by atoms with Gasteiger partial charge in [0.1, 0.15) is 12.2 Å². The molecule has 0 atom stereocenters. The lowest BCUT2D eigenvalue weighted by Crippen LogP contribution is -3.00. The Hall–Kier alpha value is -1.12. The first-order valence-electron chi connectivity index (χ1n) is 7.76. The van der Waals surface area contributed by atoms with Crippen molar-refractivity contribution in [2.75, 3.05) is 13.1 Å². The van der Waals surface area contributed by atoms with Gasteiger partial charge in [0.15, 0.2) is 0 Å². The highest BCUT2D eigenvalue weighted by atomic mass is 79.9. The zero-order valence-corrected chi connectivity index (χ0v) is 14.3. The number of para-hydroxylation sites is 1. The Morgan fingerprint density at radius 1 is 0.810 bits per heavy atom. The van der Waals surface area contributed by atoms with Crippen molar-refractivity contribution < 1.29 is 17.0 Å². The van der Waals surface area contributed by atoms with E-state index in [0.29, 0.717) is 0 Å². The predicted octanol–water partition coefficient (Wildman–Crippen LogP) is 1.69. The fraction of sp³-hybridized carbons (Fsp3) is 0.368. The van der Waals surface area contributed by atoms with Crippen molar-refractivity contribution in [3.05, 3.63) is 65.7 Å². The molecule has 1 nitrogen and oxygen atoms in total. The van der Waals surface area contributed by atoms with Gasteiger partial charge in [0, 0.05) is 5.56 Å². The monoisotopic (exact) mass is 345 g/mol. The molecule has 112 valence electrons. The number of likely N-dealkylation sites (tertiary alicyclic amines) is 1. The van der Waals surface area contributed by atoms with E-state index in [2.05, 4.69) is 61.5 Å². The van der Waals surface area contributed by atoms with Gasteiger partial charge in [-0.15, -0.1) is 0 Å². The topological polar surface area (TPSA) is 0 Å². The minimum atomic E-state index is 0. The number of halogens is 1. The van der Waals surface area contributed by atoms with Crippen LogP contribution < -0.4 is 21.5 Å². The first-order chi connectivity index (χ1) is 9.78. The van der Waals surface area contributed by atoms with E-state index < -0.39 is 0 Å². The summed E-state index contributed by atoms with van der Waals surface area (Å²) in [6.07, 6.45) is 4.09. The van der Waals surface area contributed by atoms with Crippen molar-refractivity contribution in [1.82, 2.24) is 4.48 Å². The number of quaternary nitrogens is 1. The molecule has 0 bridgehead atoms. The molecule has 0 aromatic heterocycles. The summed E-state index contributed by atoms with van der Waals surface area (Å²) in [5.41, 5.74) is 4.28. The molecule has 0 N–H and O–H groups in total. The van der Waals surface area contributed by atoms with Crippen LogP contribution in [0.25, 0.3) is 0 Å². The second-order valence-corrected chi connectivity index (χ2v) is 6.13. The summed E-state index contributed by atoms with van der Waals surface area (Å²) < 4.78 is 1.13. The lowest BCUT2D eigenvalue weighted by molar-refractivity contribution is -0.00000421. The summed E-state index contributed by atoms with van der Waals surface area (Å²) in [6.45, 7) is 5.84. The Morgan fingerprint density at radius 3 is 2.05 bits per heavy atom. The zero-order valence-electron chi connectivity index (χ0n) is 12.8. The van der Waals surface area contributed by atoms with Gasteiger partial charge in [0.25, 0.3) is 0 Å². The maximum Gasteiger partial charge on any atom is 0.133 e. The van der Waals surface area contributed by atoms with Crippen molar-refractivity contribution >= 4 is 5.69 Å². The maximum absolute atomic E-state index is 2.31. The summed E-state index contributed by atoms with van der Waals surface area (Å²) in [7, 11) is 0. The first-order valence-corrected chi connectivity index (χ1v) is 7.76. The molecule has 0 amide bonds. The number of hydrogen-bond donors (Lipinski definition) is 0. The molecule has 0 aliphatic carbocycles. The van der Waals surface area contributed by atoms with Crippen molar-refractivity contribution in [3.8, 4) is 0 Å². The van der Waals surface area contributed by atoms with E-state index in [1.807, 2.05) is 0 Å². The van der Waals surface area contributed by atoms with Crippen LogP contribution in [0.3, 0.4) is 0 Å². The van der Waals surface area contributed by atoms with Crippen LogP contribution in [0.5, 0.6) is 0 Å². The first kappa shape index (κ1) is 16.3. The Labute approximate surface area is 139 Å². The molecular formula is C19H24BrN. The van der Waals surface area contributed by atoms with Gasteiger partial charge in [-0.25, -0.2) is 0 Å². The lowest BCUT2D eigenvalue weighted by atomic mass is 10.0. The smallest absolute Gasteiger partial charge is 0.133 e. The van der Waals surface area contributed by atoms with E-state index in [1.165, 1.54) is 49.2 Å². The van der Waals surface area contributed by atoms with Crippen LogP contribution in [-0.2, 0) is 6.54 Å². The molecule has 0 spiro atoms. The van der Waals surface area contributed by atoms with Crippen LogP contribution in [0, 0.1) is 6.92 Å². The fourth-order valence-corrected chi connectivity index (χ4v) is 3.41. The van der Waals surface area contributed by atoms with E-state index in [1.54, 1.807) is 0 Å². The molecular weight excluding hydrogens is 322 g/mol. The molecule has 2 aromatic carbocycles. The van der Waals surface area contributed by atoms with Crippen LogP contribution in [0.1, 0.15) is 30.4 Å². The molecule has 21 heavy (non-hydrogen) atoms. The average Bonchev–Trinajstić information content (AvgIpc) is 2.52. The molecule has 1 aliphatic heterocycles. The standard InChI is InChI=1S/C19H24N.BrH/c1-17-10-12-18(13-11-17)16-20(14-6-3-7-15-20)19-8-4-2-5-9-19;/h2,4-5,8-13H,3,6-7,14-16H2,1H3;1H/q+1;/p-1. The normalized spacial score (nSPS) is 17.0. The van der Waals surface area contributed by atoms with Gasteiger partial charge in [-0.05, 0) is 38.3 Å². The number of hydrogen-bond acceptors (Lipinski definition) is 0. The van der Waals surface area contributed by atoms with Gasteiger partial charge in [0.2, 0.25) is 0 Å². The van der Waals surface area contributed by atoms with E-state index in [9.17, 15) is 0 Å². The highest BCUT2D eigenvalue weighted by Crippen LogP contribution is 2.30. The third-order valence-electron chi connectivity index (χ3n) is 4.58. The van der Waals surface area contributed by atoms with Crippen LogP contribution in [0.2, 0.25) is 0 Å². The molecule has 2 aromatic rings. The van der Waals surface area contributed by atoms with Gasteiger partial charge in [-0.2, -0.15) is 0 Å². The molecule has 0 radical (unpaired) electrons. The van der Waals surface area contributed by atoms with Crippen molar-refractivity contribution in [2.24, 2.45) is 0 Å². The van der Waals surface area contributed by atoms with Gasteiger partial charge < -0.3 is 17.0 Å². The van der Waals surface area contributed by atoms with E-state index in [4.69, 9.17) is 0 Å². The second kappa shape index (κ2) is 7.24. The summed E-state index contributed by atoms with van der Waals surface area (Å²) in [5, 5.41) is 0. The largest absolute Gasteiger partial charge is 1.00 e. The molecule has 1 heterocycles. The van der Waals surface area contributed by atoms with Crippen molar-refractivity contribution in [2.45, 2.75) is 32.7 Å². The van der Waals surface area contributed by atoms with Crippen molar-refractivity contribution in [1.29, 1.82) is 0 Å². The Morgan fingerprint density at radius 2 is 1.43 bits per heavy atom. The number of aryl methyl sites for hydroxylation is 1. The number of rotatable bonds is 3. The maximum atomic E-state index is 2.31. The Balaban J connectivity index is 0.00000161. The SMILES string of the molecule is Cc1ccc(C[N+]2(c3ccccc3)CCCCC2)cc1.[Br-]. The van der Waals surface area contributed by atoms with Crippen LogP contribution in [-0.4, -0.2) is 13.1 Å². The summed E-state index contributed by atoms with van der Waals surface area (Å²) in [5.74, 6) is 0. The van der Waals surface area contributed by atoms with Gasteiger partial charge in [-0.1, -0.05) is 48.0 Å². The Bertz CT molecular complexity index is 542. The number of piperidine rings is 1. The number of nitrogens with zero attached hydrogens (tertiary/aromatic N) is 1. The number of benzene rings is 2. The molecule has 3 rings (SSSR count). The van der Waals surface area contributed by atoms with Crippen molar-refractivity contribution in [3.63, 3.8) is 0 Å². The minimum Gasteiger partial charge on any atom is -1.00 e. The van der Waals surface area contributed by atoms with Gasteiger partial charge >= 0.3 is 0 Å². The highest BCUT2D eigenvalue weighted by Gasteiger charge is 2.32. The molecule has 2 heteroatoms. The summed E-state index contributed by atoms with van der Waals surface area (Å²) >= 11 is 0. The minimum absolute atomic E-state index is 0. The third-order valence-corrected chi connectivity index (χ3v) is 4.58. The van der Waals surface area contributed by atoms with Crippen LogP contribution in [0.4, 0.5) is 5.69 Å². The molecule has 1 fully saturated rings. The lowest BCUT2D eigenvalue weighted by Gasteiger charge is -2.41. The van der Waals surface area contributed by atoms with Crippen LogP contribution in [0.15, 0.2) is 54.6 Å². The quantitative estimate of drug-likeness (QED) is 0.742. The third kappa shape index (κ3) is 3.75. The highest BCUT2D eigenvalue weighted by molar-refractivity contribution is 5.43. The average molecular weight is 346 g/mol. The van der Waals surface area contributed by atoms with Gasteiger partial charge in [-0.3, -0.25) is 4.48 Å². The van der Waals surface area contributed by atoms with E-state index in [0.717, 1.165) is 11.0 Å². The molecule has 0 saturated carbocycles. The van der Waals surface area contributed by atoms with E-state index in [-0.39, 0.29) is 17.0 Å². The fourth-order valence-electron chi connectivity index (χ4n) is 3.41. The van der Waals surface area contributed by atoms with Crippen LogP contribution >= 0.6 is 0 Å².